The van der Waals surface area contributed by atoms with Crippen LogP contribution in [0.4, 0.5) is 0 Å². The van der Waals surface area contributed by atoms with Gasteiger partial charge in [0.15, 0.2) is 0 Å². The SMILES string of the molecule is CCCCCCCCCN(CCCCCCC)C(C)C#N. The van der Waals surface area contributed by atoms with E-state index in [4.69, 9.17) is 5.26 Å². The molecule has 0 aromatic heterocycles. The minimum Gasteiger partial charge on any atom is -0.288 e. The van der Waals surface area contributed by atoms with Gasteiger partial charge in [0.2, 0.25) is 0 Å². The summed E-state index contributed by atoms with van der Waals surface area (Å²) in [5, 5.41) is 9.15. The van der Waals surface area contributed by atoms with Gasteiger partial charge in [-0.3, -0.25) is 4.90 Å². The van der Waals surface area contributed by atoms with E-state index in [1.54, 1.807) is 0 Å². The van der Waals surface area contributed by atoms with Crippen LogP contribution in [0, 0.1) is 11.3 Å². The smallest absolute Gasteiger partial charge is 0.0949 e. The molecule has 1 atom stereocenters. The van der Waals surface area contributed by atoms with Crippen molar-refractivity contribution < 1.29 is 0 Å². The van der Waals surface area contributed by atoms with E-state index in [1.807, 2.05) is 6.92 Å². The molecule has 0 N–H and O–H groups in total. The molecule has 21 heavy (non-hydrogen) atoms. The van der Waals surface area contributed by atoms with Gasteiger partial charge < -0.3 is 0 Å². The molecule has 0 aromatic carbocycles. The second kappa shape index (κ2) is 15.8. The number of rotatable bonds is 15. The Balaban J connectivity index is 3.69. The van der Waals surface area contributed by atoms with Gasteiger partial charge in [0, 0.05) is 0 Å². The molecule has 124 valence electrons. The Morgan fingerprint density at radius 2 is 1.10 bits per heavy atom. The Kier molecular flexibility index (Phi) is 15.4. The van der Waals surface area contributed by atoms with Gasteiger partial charge in [0.05, 0.1) is 12.1 Å². The van der Waals surface area contributed by atoms with Gasteiger partial charge in [-0.05, 0) is 32.9 Å². The highest BCUT2D eigenvalue weighted by Gasteiger charge is 2.11. The van der Waals surface area contributed by atoms with Crippen LogP contribution in [0.2, 0.25) is 0 Å². The van der Waals surface area contributed by atoms with E-state index in [0.29, 0.717) is 0 Å². The maximum Gasteiger partial charge on any atom is 0.0949 e. The number of nitriles is 1. The van der Waals surface area contributed by atoms with Crippen molar-refractivity contribution in [1.82, 2.24) is 4.90 Å². The second-order valence-electron chi connectivity index (χ2n) is 6.38. The Morgan fingerprint density at radius 3 is 1.48 bits per heavy atom. The van der Waals surface area contributed by atoms with Crippen molar-refractivity contribution in [3.63, 3.8) is 0 Å². The molecule has 0 aromatic rings. The summed E-state index contributed by atoms with van der Waals surface area (Å²) in [4.78, 5) is 2.39. The Labute approximate surface area is 133 Å². The van der Waals surface area contributed by atoms with E-state index in [0.717, 1.165) is 13.1 Å². The van der Waals surface area contributed by atoms with Crippen molar-refractivity contribution in [2.45, 2.75) is 104 Å². The molecule has 0 fully saturated rings. The molecule has 0 aliphatic carbocycles. The minimum absolute atomic E-state index is 0.0799. The van der Waals surface area contributed by atoms with Crippen LogP contribution in [-0.2, 0) is 0 Å². The van der Waals surface area contributed by atoms with E-state index in [9.17, 15) is 0 Å². The molecule has 2 heteroatoms. The number of nitrogens with zero attached hydrogens (tertiary/aromatic N) is 2. The highest BCUT2D eigenvalue weighted by Crippen LogP contribution is 2.10. The summed E-state index contributed by atoms with van der Waals surface area (Å²) in [6, 6.07) is 2.49. The van der Waals surface area contributed by atoms with Crippen molar-refractivity contribution >= 4 is 0 Å². The summed E-state index contributed by atoms with van der Waals surface area (Å²) in [5.41, 5.74) is 0. The molecule has 2 nitrogen and oxygen atoms in total. The zero-order valence-electron chi connectivity index (χ0n) is 14.9. The van der Waals surface area contributed by atoms with Crippen LogP contribution in [0.3, 0.4) is 0 Å². The largest absolute Gasteiger partial charge is 0.288 e. The monoisotopic (exact) mass is 294 g/mol. The number of unbranched alkanes of at least 4 members (excludes halogenated alkanes) is 10. The Bertz CT molecular complexity index is 244. The fourth-order valence-electron chi connectivity index (χ4n) is 2.77. The normalized spacial score (nSPS) is 12.5. The molecule has 0 rings (SSSR count). The highest BCUT2D eigenvalue weighted by atomic mass is 15.1. The number of hydrogen-bond donors (Lipinski definition) is 0. The van der Waals surface area contributed by atoms with Crippen LogP contribution in [0.1, 0.15) is 97.8 Å². The first kappa shape index (κ1) is 20.5. The first-order chi connectivity index (χ1) is 10.3. The van der Waals surface area contributed by atoms with Crippen LogP contribution in [-0.4, -0.2) is 24.0 Å². The molecule has 0 amide bonds. The highest BCUT2D eigenvalue weighted by molar-refractivity contribution is 4.87. The third-order valence-electron chi connectivity index (χ3n) is 4.33. The lowest BCUT2D eigenvalue weighted by molar-refractivity contribution is 0.234. The van der Waals surface area contributed by atoms with E-state index in [1.165, 1.54) is 77.0 Å². The molecule has 0 heterocycles. The van der Waals surface area contributed by atoms with Gasteiger partial charge in [0.25, 0.3) is 0 Å². The molecular weight excluding hydrogens is 256 g/mol. The van der Waals surface area contributed by atoms with Gasteiger partial charge in [0.1, 0.15) is 0 Å². The van der Waals surface area contributed by atoms with Crippen molar-refractivity contribution in [3.8, 4) is 6.07 Å². The van der Waals surface area contributed by atoms with E-state index in [2.05, 4.69) is 24.8 Å². The average molecular weight is 295 g/mol. The maximum atomic E-state index is 9.15. The summed E-state index contributed by atoms with van der Waals surface area (Å²) < 4.78 is 0. The number of hydrogen-bond acceptors (Lipinski definition) is 2. The first-order valence-corrected chi connectivity index (χ1v) is 9.39. The third kappa shape index (κ3) is 12.9. The average Bonchev–Trinajstić information content (AvgIpc) is 2.51. The summed E-state index contributed by atoms with van der Waals surface area (Å²) in [6.45, 7) is 8.78. The molecule has 0 radical (unpaired) electrons. The van der Waals surface area contributed by atoms with Crippen molar-refractivity contribution in [1.29, 1.82) is 5.26 Å². The van der Waals surface area contributed by atoms with Crippen LogP contribution >= 0.6 is 0 Å². The summed E-state index contributed by atoms with van der Waals surface area (Å²) >= 11 is 0. The third-order valence-corrected chi connectivity index (χ3v) is 4.33. The van der Waals surface area contributed by atoms with Gasteiger partial charge in [-0.2, -0.15) is 5.26 Å². The summed E-state index contributed by atoms with van der Waals surface area (Å²) in [6.07, 6.45) is 16.0. The van der Waals surface area contributed by atoms with Crippen molar-refractivity contribution in [2.24, 2.45) is 0 Å². The molecule has 0 bridgehead atoms. The fourth-order valence-corrected chi connectivity index (χ4v) is 2.77. The lowest BCUT2D eigenvalue weighted by atomic mass is 10.1. The predicted molar refractivity (Wildman–Crippen MR) is 93.4 cm³/mol. The second-order valence-corrected chi connectivity index (χ2v) is 6.38. The van der Waals surface area contributed by atoms with Crippen LogP contribution in [0.15, 0.2) is 0 Å². The summed E-state index contributed by atoms with van der Waals surface area (Å²) in [7, 11) is 0. The van der Waals surface area contributed by atoms with E-state index in [-0.39, 0.29) is 6.04 Å². The quantitative estimate of drug-likeness (QED) is 0.350. The predicted octanol–water partition coefficient (Wildman–Crippen LogP) is 5.92. The van der Waals surface area contributed by atoms with Crippen LogP contribution < -0.4 is 0 Å². The van der Waals surface area contributed by atoms with Crippen molar-refractivity contribution in [3.05, 3.63) is 0 Å². The van der Waals surface area contributed by atoms with Gasteiger partial charge in [-0.15, -0.1) is 0 Å². The zero-order valence-corrected chi connectivity index (χ0v) is 14.9. The lowest BCUT2D eigenvalue weighted by Crippen LogP contribution is -2.33. The fraction of sp³-hybridized carbons (Fsp3) is 0.947. The Morgan fingerprint density at radius 1 is 0.714 bits per heavy atom. The molecule has 0 aliphatic rings. The zero-order chi connectivity index (χ0) is 15.8. The topological polar surface area (TPSA) is 27.0 Å². The van der Waals surface area contributed by atoms with E-state index >= 15 is 0 Å². The van der Waals surface area contributed by atoms with Crippen LogP contribution in [0.25, 0.3) is 0 Å². The van der Waals surface area contributed by atoms with Crippen molar-refractivity contribution in [2.75, 3.05) is 13.1 Å². The van der Waals surface area contributed by atoms with Gasteiger partial charge in [-0.25, -0.2) is 0 Å². The molecule has 0 aliphatic heterocycles. The minimum atomic E-state index is 0.0799. The van der Waals surface area contributed by atoms with E-state index < -0.39 is 0 Å². The lowest BCUT2D eigenvalue weighted by Gasteiger charge is -2.24. The molecule has 0 spiro atoms. The van der Waals surface area contributed by atoms with Gasteiger partial charge >= 0.3 is 0 Å². The standard InChI is InChI=1S/C19H38N2/c1-4-6-8-10-11-13-15-17-21(19(3)18-20)16-14-12-9-7-5-2/h19H,4-17H2,1-3H3. The van der Waals surface area contributed by atoms with Gasteiger partial charge in [-0.1, -0.05) is 78.1 Å². The molecule has 0 saturated carbocycles. The Hall–Kier alpha value is -0.550. The van der Waals surface area contributed by atoms with Crippen LogP contribution in [0.5, 0.6) is 0 Å². The first-order valence-electron chi connectivity index (χ1n) is 9.39. The maximum absolute atomic E-state index is 9.15. The molecule has 0 saturated heterocycles. The molecular formula is C19H38N2. The summed E-state index contributed by atoms with van der Waals surface area (Å²) in [5.74, 6) is 0. The molecule has 1 unspecified atom stereocenters.